The zero-order chi connectivity index (χ0) is 11.4. The second-order valence-electron chi connectivity index (χ2n) is 4.75. The van der Waals surface area contributed by atoms with Gasteiger partial charge in [-0.15, -0.1) is 0 Å². The minimum atomic E-state index is 0.621. The molecule has 88 valence electrons. The molecule has 0 aliphatic carbocycles. The van der Waals surface area contributed by atoms with Crippen LogP contribution in [0.5, 0.6) is 0 Å². The second kappa shape index (κ2) is 5.46. The van der Waals surface area contributed by atoms with Crippen LogP contribution in [0.4, 0.5) is 0 Å². The van der Waals surface area contributed by atoms with E-state index in [1.807, 2.05) is 7.05 Å². The molecule has 2 nitrogen and oxygen atoms in total. The minimum absolute atomic E-state index is 0.621. The van der Waals surface area contributed by atoms with Gasteiger partial charge in [0, 0.05) is 19.1 Å². The van der Waals surface area contributed by atoms with Crippen molar-refractivity contribution >= 4 is 0 Å². The van der Waals surface area contributed by atoms with Crippen LogP contribution >= 0.6 is 0 Å². The van der Waals surface area contributed by atoms with Crippen molar-refractivity contribution in [2.45, 2.75) is 32.4 Å². The van der Waals surface area contributed by atoms with E-state index >= 15 is 0 Å². The maximum absolute atomic E-state index is 3.27. The molecule has 2 heteroatoms. The van der Waals surface area contributed by atoms with Crippen LogP contribution in [-0.2, 0) is 13.0 Å². The Bertz CT molecular complexity index is 335. The van der Waals surface area contributed by atoms with Crippen molar-refractivity contribution in [1.82, 2.24) is 10.2 Å². The fourth-order valence-electron chi connectivity index (χ4n) is 2.53. The van der Waals surface area contributed by atoms with Gasteiger partial charge in [0.05, 0.1) is 0 Å². The fraction of sp³-hybridized carbons (Fsp3) is 0.571. The third-order valence-corrected chi connectivity index (χ3v) is 3.51. The highest BCUT2D eigenvalue weighted by molar-refractivity contribution is 5.28. The SMILES string of the molecule is CNCC(C)N1CCCc2ccccc2C1. The van der Waals surface area contributed by atoms with Crippen molar-refractivity contribution in [3.8, 4) is 0 Å². The van der Waals surface area contributed by atoms with E-state index in [1.54, 1.807) is 5.56 Å². The van der Waals surface area contributed by atoms with Crippen LogP contribution in [0.15, 0.2) is 24.3 Å². The molecule has 0 spiro atoms. The molecule has 0 fully saturated rings. The molecule has 1 aliphatic rings. The summed E-state index contributed by atoms with van der Waals surface area (Å²) in [5.41, 5.74) is 3.06. The normalized spacial score (nSPS) is 18.9. The van der Waals surface area contributed by atoms with E-state index in [2.05, 4.69) is 41.4 Å². The summed E-state index contributed by atoms with van der Waals surface area (Å²) in [6.45, 7) is 5.71. The molecular weight excluding hydrogens is 196 g/mol. The average Bonchev–Trinajstić information content (AvgIpc) is 2.51. The maximum atomic E-state index is 3.27. The number of aryl methyl sites for hydroxylation is 1. The summed E-state index contributed by atoms with van der Waals surface area (Å²) < 4.78 is 0. The highest BCUT2D eigenvalue weighted by Crippen LogP contribution is 2.19. The maximum Gasteiger partial charge on any atom is 0.0239 e. The first-order chi connectivity index (χ1) is 7.81. The van der Waals surface area contributed by atoms with Crippen LogP contribution in [0, 0.1) is 0 Å². The van der Waals surface area contributed by atoms with E-state index in [0.29, 0.717) is 6.04 Å². The average molecular weight is 218 g/mol. The lowest BCUT2D eigenvalue weighted by Crippen LogP contribution is -2.39. The van der Waals surface area contributed by atoms with Crippen molar-refractivity contribution < 1.29 is 0 Å². The third kappa shape index (κ3) is 2.63. The quantitative estimate of drug-likeness (QED) is 0.835. The fourth-order valence-corrected chi connectivity index (χ4v) is 2.53. The summed E-state index contributed by atoms with van der Waals surface area (Å²) in [6.07, 6.45) is 2.52. The van der Waals surface area contributed by atoms with Gasteiger partial charge >= 0.3 is 0 Å². The van der Waals surface area contributed by atoms with Gasteiger partial charge in [-0.05, 0) is 44.5 Å². The molecule has 0 aromatic heterocycles. The first-order valence-corrected chi connectivity index (χ1v) is 6.26. The first-order valence-electron chi connectivity index (χ1n) is 6.26. The van der Waals surface area contributed by atoms with Crippen LogP contribution in [0.2, 0.25) is 0 Å². The van der Waals surface area contributed by atoms with Gasteiger partial charge < -0.3 is 5.32 Å². The summed E-state index contributed by atoms with van der Waals surface area (Å²) in [7, 11) is 2.03. The molecule has 0 amide bonds. The van der Waals surface area contributed by atoms with Gasteiger partial charge in [0.15, 0.2) is 0 Å². The van der Waals surface area contributed by atoms with E-state index in [0.717, 1.165) is 13.1 Å². The van der Waals surface area contributed by atoms with Crippen molar-refractivity contribution in [2.75, 3.05) is 20.1 Å². The Morgan fingerprint density at radius 2 is 2.06 bits per heavy atom. The van der Waals surface area contributed by atoms with E-state index in [-0.39, 0.29) is 0 Å². The third-order valence-electron chi connectivity index (χ3n) is 3.51. The largest absolute Gasteiger partial charge is 0.318 e. The molecule has 1 aliphatic heterocycles. The zero-order valence-corrected chi connectivity index (χ0v) is 10.4. The van der Waals surface area contributed by atoms with E-state index in [4.69, 9.17) is 0 Å². The topological polar surface area (TPSA) is 15.3 Å². The number of fused-ring (bicyclic) bond motifs is 1. The van der Waals surface area contributed by atoms with Crippen molar-refractivity contribution in [3.05, 3.63) is 35.4 Å². The predicted molar refractivity (Wildman–Crippen MR) is 68.6 cm³/mol. The number of benzene rings is 1. The summed E-state index contributed by atoms with van der Waals surface area (Å²) in [4.78, 5) is 2.59. The van der Waals surface area contributed by atoms with Crippen LogP contribution in [0.3, 0.4) is 0 Å². The second-order valence-corrected chi connectivity index (χ2v) is 4.75. The molecule has 1 aromatic carbocycles. The lowest BCUT2D eigenvalue weighted by molar-refractivity contribution is 0.201. The van der Waals surface area contributed by atoms with E-state index in [1.165, 1.54) is 24.9 Å². The van der Waals surface area contributed by atoms with Crippen LogP contribution in [0.1, 0.15) is 24.5 Å². The summed E-state index contributed by atoms with van der Waals surface area (Å²) in [6, 6.07) is 9.49. The van der Waals surface area contributed by atoms with Crippen LogP contribution < -0.4 is 5.32 Å². The minimum Gasteiger partial charge on any atom is -0.318 e. The number of hydrogen-bond acceptors (Lipinski definition) is 2. The summed E-state index contributed by atoms with van der Waals surface area (Å²) in [5.74, 6) is 0. The van der Waals surface area contributed by atoms with Gasteiger partial charge in [-0.25, -0.2) is 0 Å². The van der Waals surface area contributed by atoms with Gasteiger partial charge in [0.25, 0.3) is 0 Å². The monoisotopic (exact) mass is 218 g/mol. The van der Waals surface area contributed by atoms with Gasteiger partial charge in [-0.2, -0.15) is 0 Å². The lowest BCUT2D eigenvalue weighted by atomic mass is 10.0. The Hall–Kier alpha value is -0.860. The molecule has 2 rings (SSSR count). The number of likely N-dealkylation sites (N-methyl/N-ethyl adjacent to an activating group) is 1. The number of nitrogens with one attached hydrogen (secondary N) is 1. The molecule has 16 heavy (non-hydrogen) atoms. The Morgan fingerprint density at radius 1 is 1.31 bits per heavy atom. The highest BCUT2D eigenvalue weighted by Gasteiger charge is 2.17. The van der Waals surface area contributed by atoms with Crippen molar-refractivity contribution in [1.29, 1.82) is 0 Å². The summed E-state index contributed by atoms with van der Waals surface area (Å²) in [5, 5.41) is 3.27. The Labute approximate surface area is 98.7 Å². The van der Waals surface area contributed by atoms with Crippen molar-refractivity contribution in [3.63, 3.8) is 0 Å². The molecule has 1 N–H and O–H groups in total. The predicted octanol–water partition coefficient (Wildman–Crippen LogP) is 2.04. The first kappa shape index (κ1) is 11.6. The van der Waals surface area contributed by atoms with Crippen LogP contribution in [0.25, 0.3) is 0 Å². The molecule has 1 unspecified atom stereocenters. The molecule has 1 heterocycles. The highest BCUT2D eigenvalue weighted by atomic mass is 15.2. The molecule has 0 saturated carbocycles. The number of rotatable bonds is 3. The molecule has 0 radical (unpaired) electrons. The number of hydrogen-bond donors (Lipinski definition) is 1. The lowest BCUT2D eigenvalue weighted by Gasteiger charge is -2.27. The van der Waals surface area contributed by atoms with Gasteiger partial charge in [-0.1, -0.05) is 24.3 Å². The number of nitrogens with zero attached hydrogens (tertiary/aromatic N) is 1. The smallest absolute Gasteiger partial charge is 0.0239 e. The molecule has 1 aromatic rings. The van der Waals surface area contributed by atoms with E-state index in [9.17, 15) is 0 Å². The molecular formula is C14H22N2. The standard InChI is InChI=1S/C14H22N2/c1-12(10-15-2)16-9-5-8-13-6-3-4-7-14(13)11-16/h3-4,6-7,12,15H,5,8-11H2,1-2H3. The molecule has 0 saturated heterocycles. The summed E-state index contributed by atoms with van der Waals surface area (Å²) >= 11 is 0. The van der Waals surface area contributed by atoms with Gasteiger partial charge in [-0.3, -0.25) is 4.90 Å². The van der Waals surface area contributed by atoms with Crippen LogP contribution in [-0.4, -0.2) is 31.1 Å². The Balaban J connectivity index is 2.10. The van der Waals surface area contributed by atoms with E-state index < -0.39 is 0 Å². The zero-order valence-electron chi connectivity index (χ0n) is 10.4. The molecule has 0 bridgehead atoms. The Kier molecular flexibility index (Phi) is 3.97. The van der Waals surface area contributed by atoms with Gasteiger partial charge in [0.1, 0.15) is 0 Å². The van der Waals surface area contributed by atoms with Crippen molar-refractivity contribution in [2.24, 2.45) is 0 Å². The Morgan fingerprint density at radius 3 is 2.81 bits per heavy atom. The molecule has 1 atom stereocenters. The van der Waals surface area contributed by atoms with Gasteiger partial charge in [0.2, 0.25) is 0 Å².